The summed E-state index contributed by atoms with van der Waals surface area (Å²) in [7, 11) is 1.69. The van der Waals surface area contributed by atoms with E-state index < -0.39 is 0 Å². The van der Waals surface area contributed by atoms with Crippen LogP contribution in [0.4, 0.5) is 0 Å². The summed E-state index contributed by atoms with van der Waals surface area (Å²) in [5.41, 5.74) is 3.41. The fourth-order valence-electron chi connectivity index (χ4n) is 3.86. The Morgan fingerprint density at radius 1 is 1.26 bits per heavy atom. The molecule has 6 heteroatoms. The second-order valence-corrected chi connectivity index (χ2v) is 7.61. The Bertz CT molecular complexity index is 820. The van der Waals surface area contributed by atoms with Crippen LogP contribution in [0, 0.1) is 26.7 Å². The van der Waals surface area contributed by atoms with Crippen molar-refractivity contribution in [2.75, 3.05) is 7.11 Å². The lowest BCUT2D eigenvalue weighted by Gasteiger charge is -2.29. The SMILES string of the molecule is COc1c(C)c(C)nn1CC1CCC(NC(=O)c2cc(C)ccc2O)CC1. The Morgan fingerprint density at radius 2 is 1.96 bits per heavy atom. The summed E-state index contributed by atoms with van der Waals surface area (Å²) in [6, 6.07) is 5.24. The second kappa shape index (κ2) is 8.03. The molecule has 1 aromatic heterocycles. The van der Waals surface area contributed by atoms with Crippen LogP contribution < -0.4 is 10.1 Å². The minimum atomic E-state index is -0.195. The number of hydrogen-bond donors (Lipinski definition) is 2. The third-order valence-corrected chi connectivity index (χ3v) is 5.57. The summed E-state index contributed by atoms with van der Waals surface area (Å²) in [4.78, 5) is 12.5. The van der Waals surface area contributed by atoms with Gasteiger partial charge in [-0.15, -0.1) is 0 Å². The van der Waals surface area contributed by atoms with Crippen molar-refractivity contribution in [2.45, 2.75) is 59.0 Å². The van der Waals surface area contributed by atoms with E-state index in [2.05, 4.69) is 10.4 Å². The molecule has 1 heterocycles. The zero-order valence-corrected chi connectivity index (χ0v) is 16.6. The Labute approximate surface area is 160 Å². The molecular weight excluding hydrogens is 342 g/mol. The van der Waals surface area contributed by atoms with Gasteiger partial charge in [0.1, 0.15) is 5.75 Å². The summed E-state index contributed by atoms with van der Waals surface area (Å²) in [6.07, 6.45) is 3.94. The predicted octanol–water partition coefficient (Wildman–Crippen LogP) is 3.51. The van der Waals surface area contributed by atoms with Gasteiger partial charge in [0.2, 0.25) is 5.88 Å². The minimum absolute atomic E-state index is 0.0308. The Kier molecular flexibility index (Phi) is 5.73. The van der Waals surface area contributed by atoms with Crippen molar-refractivity contribution in [2.24, 2.45) is 5.92 Å². The van der Waals surface area contributed by atoms with Crippen molar-refractivity contribution < 1.29 is 14.6 Å². The van der Waals surface area contributed by atoms with Gasteiger partial charge in [0.15, 0.2) is 0 Å². The van der Waals surface area contributed by atoms with E-state index in [0.29, 0.717) is 11.5 Å². The molecule has 2 N–H and O–H groups in total. The lowest BCUT2D eigenvalue weighted by Crippen LogP contribution is -2.38. The molecule has 0 spiro atoms. The molecular formula is C21H29N3O3. The highest BCUT2D eigenvalue weighted by Gasteiger charge is 2.25. The van der Waals surface area contributed by atoms with Crippen LogP contribution in [-0.2, 0) is 6.54 Å². The Morgan fingerprint density at radius 3 is 2.63 bits per heavy atom. The average Bonchev–Trinajstić information content (AvgIpc) is 2.91. The molecule has 1 aliphatic rings. The molecule has 146 valence electrons. The molecule has 0 saturated heterocycles. The van der Waals surface area contributed by atoms with E-state index >= 15 is 0 Å². The number of hydrogen-bond acceptors (Lipinski definition) is 4. The number of carbonyl (C=O) groups excluding carboxylic acids is 1. The minimum Gasteiger partial charge on any atom is -0.507 e. The summed E-state index contributed by atoms with van der Waals surface area (Å²) >= 11 is 0. The molecule has 0 atom stereocenters. The van der Waals surface area contributed by atoms with Gasteiger partial charge in [-0.05, 0) is 64.5 Å². The molecule has 2 aromatic rings. The molecule has 0 radical (unpaired) electrons. The Hall–Kier alpha value is -2.50. The van der Waals surface area contributed by atoms with Crippen molar-refractivity contribution in [3.63, 3.8) is 0 Å². The van der Waals surface area contributed by atoms with Crippen molar-refractivity contribution >= 4 is 5.91 Å². The number of amides is 1. The van der Waals surface area contributed by atoms with Gasteiger partial charge < -0.3 is 15.2 Å². The topological polar surface area (TPSA) is 76.4 Å². The van der Waals surface area contributed by atoms with Gasteiger partial charge in [-0.1, -0.05) is 11.6 Å². The number of nitrogens with zero attached hydrogens (tertiary/aromatic N) is 2. The molecule has 0 aliphatic heterocycles. The fraction of sp³-hybridized carbons (Fsp3) is 0.524. The van der Waals surface area contributed by atoms with E-state index in [4.69, 9.17) is 4.74 Å². The molecule has 1 saturated carbocycles. The Balaban J connectivity index is 1.55. The standard InChI is InChI=1S/C21H29N3O3/c1-13-5-10-19(25)18(11-13)20(26)22-17-8-6-16(7-9-17)12-24-21(27-4)14(2)15(3)23-24/h5,10-11,16-17,25H,6-9,12H2,1-4H3,(H,22,26). The summed E-state index contributed by atoms with van der Waals surface area (Å²) in [6.45, 7) is 6.79. The van der Waals surface area contributed by atoms with Gasteiger partial charge in [-0.25, -0.2) is 4.68 Å². The van der Waals surface area contributed by atoms with E-state index in [1.165, 1.54) is 0 Å². The maximum Gasteiger partial charge on any atom is 0.255 e. The second-order valence-electron chi connectivity index (χ2n) is 7.61. The van der Waals surface area contributed by atoms with Crippen molar-refractivity contribution in [1.29, 1.82) is 0 Å². The lowest BCUT2D eigenvalue weighted by atomic mass is 9.86. The van der Waals surface area contributed by atoms with Crippen LogP contribution in [0.2, 0.25) is 0 Å². The highest BCUT2D eigenvalue weighted by Crippen LogP contribution is 2.29. The quantitative estimate of drug-likeness (QED) is 0.843. The van der Waals surface area contributed by atoms with Crippen LogP contribution in [0.15, 0.2) is 18.2 Å². The number of ether oxygens (including phenoxy) is 1. The highest BCUT2D eigenvalue weighted by molar-refractivity contribution is 5.97. The number of aromatic nitrogens is 2. The van der Waals surface area contributed by atoms with Gasteiger partial charge >= 0.3 is 0 Å². The molecule has 27 heavy (non-hydrogen) atoms. The third kappa shape index (κ3) is 4.26. The molecule has 1 amide bonds. The van der Waals surface area contributed by atoms with Gasteiger partial charge in [0, 0.05) is 18.2 Å². The maximum absolute atomic E-state index is 12.5. The first-order valence-corrected chi connectivity index (χ1v) is 9.57. The van der Waals surface area contributed by atoms with Crippen molar-refractivity contribution in [3.8, 4) is 11.6 Å². The van der Waals surface area contributed by atoms with E-state index in [-0.39, 0.29) is 17.7 Å². The number of aryl methyl sites for hydroxylation is 2. The lowest BCUT2D eigenvalue weighted by molar-refractivity contribution is 0.0917. The summed E-state index contributed by atoms with van der Waals surface area (Å²) in [5.74, 6) is 1.21. The molecule has 1 aromatic carbocycles. The molecule has 0 unspecified atom stereocenters. The van der Waals surface area contributed by atoms with E-state index in [1.54, 1.807) is 25.3 Å². The molecule has 3 rings (SSSR count). The van der Waals surface area contributed by atoms with Gasteiger partial charge in [-0.3, -0.25) is 4.79 Å². The van der Waals surface area contributed by atoms with Crippen LogP contribution >= 0.6 is 0 Å². The number of nitrogens with one attached hydrogen (secondary N) is 1. The normalized spacial score (nSPS) is 19.7. The summed E-state index contributed by atoms with van der Waals surface area (Å²) in [5, 5.41) is 17.6. The monoisotopic (exact) mass is 371 g/mol. The van der Waals surface area contributed by atoms with Crippen LogP contribution in [-0.4, -0.2) is 33.9 Å². The number of rotatable bonds is 5. The number of phenolic OH excluding ortho intramolecular Hbond substituents is 1. The van der Waals surface area contributed by atoms with E-state index in [1.807, 2.05) is 25.5 Å². The largest absolute Gasteiger partial charge is 0.507 e. The van der Waals surface area contributed by atoms with Crippen LogP contribution in [0.1, 0.15) is 52.9 Å². The van der Waals surface area contributed by atoms with Crippen LogP contribution in [0.3, 0.4) is 0 Å². The predicted molar refractivity (Wildman–Crippen MR) is 104 cm³/mol. The van der Waals surface area contributed by atoms with E-state index in [9.17, 15) is 9.90 Å². The molecule has 1 fully saturated rings. The third-order valence-electron chi connectivity index (χ3n) is 5.57. The average molecular weight is 371 g/mol. The highest BCUT2D eigenvalue weighted by atomic mass is 16.5. The number of aromatic hydroxyl groups is 1. The number of phenols is 1. The van der Waals surface area contributed by atoms with E-state index in [0.717, 1.165) is 54.9 Å². The number of benzene rings is 1. The van der Waals surface area contributed by atoms with Gasteiger partial charge in [0.05, 0.1) is 18.4 Å². The zero-order valence-electron chi connectivity index (χ0n) is 16.6. The maximum atomic E-state index is 12.5. The van der Waals surface area contributed by atoms with Crippen molar-refractivity contribution in [1.82, 2.24) is 15.1 Å². The van der Waals surface area contributed by atoms with Gasteiger partial charge in [-0.2, -0.15) is 5.10 Å². The first kappa shape index (κ1) is 19.3. The zero-order chi connectivity index (χ0) is 19.6. The first-order chi connectivity index (χ1) is 12.9. The van der Waals surface area contributed by atoms with Crippen LogP contribution in [0.25, 0.3) is 0 Å². The fourth-order valence-corrected chi connectivity index (χ4v) is 3.86. The molecule has 0 bridgehead atoms. The first-order valence-electron chi connectivity index (χ1n) is 9.57. The van der Waals surface area contributed by atoms with Crippen molar-refractivity contribution in [3.05, 3.63) is 40.6 Å². The number of methoxy groups -OCH3 is 1. The number of carbonyl (C=O) groups is 1. The molecule has 6 nitrogen and oxygen atoms in total. The molecule has 1 aliphatic carbocycles. The van der Waals surface area contributed by atoms with Gasteiger partial charge in [0.25, 0.3) is 5.91 Å². The smallest absolute Gasteiger partial charge is 0.255 e. The summed E-state index contributed by atoms with van der Waals surface area (Å²) < 4.78 is 7.47. The van der Waals surface area contributed by atoms with Crippen LogP contribution in [0.5, 0.6) is 11.6 Å².